The Kier molecular flexibility index (Phi) is 7.33. The number of thiol groups is 1. The predicted octanol–water partition coefficient (Wildman–Crippen LogP) is 4.04. The van der Waals surface area contributed by atoms with Crippen LogP contribution in [0, 0.1) is 11.3 Å². The molecule has 2 aromatic carbocycles. The van der Waals surface area contributed by atoms with Crippen molar-refractivity contribution in [1.29, 1.82) is 5.26 Å². The van der Waals surface area contributed by atoms with E-state index in [1.54, 1.807) is 19.1 Å². The smallest absolute Gasteiger partial charge is 0.337 e. The first-order valence-electron chi connectivity index (χ1n) is 9.87. The highest BCUT2D eigenvalue weighted by molar-refractivity contribution is 7.84. The number of esters is 1. The summed E-state index contributed by atoms with van der Waals surface area (Å²) in [6.07, 6.45) is 0. The molecule has 166 valence electrons. The molecule has 0 saturated heterocycles. The average Bonchev–Trinajstić information content (AvgIpc) is 2.82. The minimum Gasteiger partial charge on any atom is -0.493 e. The highest BCUT2D eigenvalue weighted by atomic mass is 32.1. The molecule has 0 aromatic heterocycles. The van der Waals surface area contributed by atoms with E-state index in [0.29, 0.717) is 39.1 Å². The van der Waals surface area contributed by atoms with Gasteiger partial charge in [-0.3, -0.25) is 0 Å². The van der Waals surface area contributed by atoms with Crippen LogP contribution in [0.25, 0.3) is 5.70 Å². The van der Waals surface area contributed by atoms with Gasteiger partial charge in [0.15, 0.2) is 11.5 Å². The van der Waals surface area contributed by atoms with Crippen LogP contribution in [0.3, 0.4) is 0 Å². The number of ether oxygens (including phenoxy) is 4. The molecular weight excluding hydrogens is 428 g/mol. The van der Waals surface area contributed by atoms with Gasteiger partial charge in [-0.2, -0.15) is 5.26 Å². The van der Waals surface area contributed by atoms with E-state index >= 15 is 0 Å². The molecule has 1 heterocycles. The van der Waals surface area contributed by atoms with Crippen LogP contribution >= 0.6 is 12.6 Å². The first-order valence-corrected chi connectivity index (χ1v) is 10.3. The second-order valence-electron chi connectivity index (χ2n) is 6.77. The summed E-state index contributed by atoms with van der Waals surface area (Å²) in [5.41, 5.74) is 2.44. The van der Waals surface area contributed by atoms with Crippen LogP contribution in [0.1, 0.15) is 24.0 Å². The van der Waals surface area contributed by atoms with Gasteiger partial charge in [-0.1, -0.05) is 30.3 Å². The summed E-state index contributed by atoms with van der Waals surface area (Å²) in [5.74, 6) is -0.0835. The fraction of sp³-hybridized carbons (Fsp3) is 0.250. The van der Waals surface area contributed by atoms with E-state index in [9.17, 15) is 10.1 Å². The second kappa shape index (κ2) is 10.2. The first kappa shape index (κ1) is 23.1. The van der Waals surface area contributed by atoms with Gasteiger partial charge < -0.3 is 24.3 Å². The number of carbonyl (C=O) groups excluding carboxylic acids is 1. The van der Waals surface area contributed by atoms with Gasteiger partial charge in [-0.15, -0.1) is 12.6 Å². The van der Waals surface area contributed by atoms with Crippen molar-refractivity contribution < 1.29 is 23.7 Å². The lowest BCUT2D eigenvalue weighted by molar-refractivity contribution is -0.138. The Balaban J connectivity index is 2.35. The van der Waals surface area contributed by atoms with Crippen molar-refractivity contribution in [2.75, 3.05) is 27.9 Å². The minimum absolute atomic E-state index is 0.186. The molecule has 0 saturated carbocycles. The number of benzene rings is 2. The van der Waals surface area contributed by atoms with Crippen molar-refractivity contribution in [1.82, 2.24) is 5.32 Å². The van der Waals surface area contributed by atoms with Gasteiger partial charge in [0.25, 0.3) is 0 Å². The fourth-order valence-corrected chi connectivity index (χ4v) is 3.95. The lowest BCUT2D eigenvalue weighted by Crippen LogP contribution is -2.28. The van der Waals surface area contributed by atoms with Crippen LogP contribution in [0.4, 0.5) is 0 Å². The highest BCUT2D eigenvalue weighted by Gasteiger charge is 2.37. The molecule has 1 N–H and O–H groups in total. The van der Waals surface area contributed by atoms with E-state index in [1.807, 2.05) is 30.3 Å². The molecule has 1 atom stereocenters. The van der Waals surface area contributed by atoms with Crippen molar-refractivity contribution in [2.24, 2.45) is 0 Å². The molecule has 2 aromatic rings. The third kappa shape index (κ3) is 4.25. The van der Waals surface area contributed by atoms with Crippen molar-refractivity contribution >= 4 is 24.3 Å². The number of hydrogen-bond donors (Lipinski definition) is 2. The van der Waals surface area contributed by atoms with Crippen LogP contribution < -0.4 is 19.5 Å². The van der Waals surface area contributed by atoms with Gasteiger partial charge >= 0.3 is 5.97 Å². The maximum atomic E-state index is 13.2. The largest absolute Gasteiger partial charge is 0.493 e. The van der Waals surface area contributed by atoms with E-state index in [1.165, 1.54) is 21.3 Å². The molecule has 0 fully saturated rings. The number of methoxy groups -OCH3 is 3. The lowest BCUT2D eigenvalue weighted by atomic mass is 9.81. The highest BCUT2D eigenvalue weighted by Crippen LogP contribution is 2.46. The van der Waals surface area contributed by atoms with Crippen LogP contribution in [0.2, 0.25) is 0 Å². The van der Waals surface area contributed by atoms with Crippen LogP contribution in [-0.2, 0) is 9.53 Å². The van der Waals surface area contributed by atoms with Crippen LogP contribution in [-0.4, -0.2) is 33.9 Å². The number of dihydropyridines is 1. The summed E-state index contributed by atoms with van der Waals surface area (Å²) in [4.78, 5) is 13.2. The number of nitrogens with zero attached hydrogens (tertiary/aromatic N) is 1. The summed E-state index contributed by atoms with van der Waals surface area (Å²) in [6, 6.07) is 15.0. The van der Waals surface area contributed by atoms with E-state index in [0.717, 1.165) is 5.56 Å². The minimum atomic E-state index is -0.767. The van der Waals surface area contributed by atoms with E-state index in [4.69, 9.17) is 18.9 Å². The van der Waals surface area contributed by atoms with Crippen molar-refractivity contribution in [3.8, 4) is 23.3 Å². The monoisotopic (exact) mass is 452 g/mol. The molecule has 0 bridgehead atoms. The normalized spacial score (nSPS) is 15.6. The van der Waals surface area contributed by atoms with Gasteiger partial charge in [0.2, 0.25) is 5.75 Å². The fourth-order valence-electron chi connectivity index (χ4n) is 3.66. The number of allylic oxidation sites excluding steroid dienone is 1. The molecule has 1 unspecified atom stereocenters. The first-order chi connectivity index (χ1) is 15.5. The maximum Gasteiger partial charge on any atom is 0.337 e. The van der Waals surface area contributed by atoms with Crippen molar-refractivity contribution in [2.45, 2.75) is 12.8 Å². The van der Waals surface area contributed by atoms with Gasteiger partial charge in [0.1, 0.15) is 0 Å². The van der Waals surface area contributed by atoms with Gasteiger partial charge in [0.05, 0.1) is 61.8 Å². The number of nitriles is 1. The Morgan fingerprint density at radius 1 is 1.09 bits per heavy atom. The molecule has 0 aliphatic carbocycles. The van der Waals surface area contributed by atoms with Crippen LogP contribution in [0.5, 0.6) is 17.2 Å². The Labute approximate surface area is 192 Å². The molecule has 1 aliphatic rings. The second-order valence-corrected chi connectivity index (χ2v) is 7.21. The number of nitrogens with one attached hydrogen (secondary N) is 1. The van der Waals surface area contributed by atoms with E-state index in [2.05, 4.69) is 24.0 Å². The Morgan fingerprint density at radius 2 is 1.72 bits per heavy atom. The lowest BCUT2D eigenvalue weighted by Gasteiger charge is -2.30. The van der Waals surface area contributed by atoms with Crippen LogP contribution in [0.15, 0.2) is 58.6 Å². The summed E-state index contributed by atoms with van der Waals surface area (Å²) < 4.78 is 21.8. The molecule has 8 heteroatoms. The Bertz CT molecular complexity index is 1090. The molecule has 1 aliphatic heterocycles. The summed E-state index contributed by atoms with van der Waals surface area (Å²) in [5, 5.41) is 13.4. The Morgan fingerprint density at radius 3 is 2.22 bits per heavy atom. The Hall–Kier alpha value is -3.57. The molecule has 7 nitrogen and oxygen atoms in total. The van der Waals surface area contributed by atoms with Gasteiger partial charge in [0, 0.05) is 0 Å². The molecule has 0 spiro atoms. The van der Waals surface area contributed by atoms with Gasteiger partial charge in [-0.25, -0.2) is 4.79 Å². The molecule has 0 amide bonds. The zero-order valence-electron chi connectivity index (χ0n) is 18.3. The zero-order valence-corrected chi connectivity index (χ0v) is 19.2. The number of rotatable bonds is 7. The third-order valence-corrected chi connectivity index (χ3v) is 5.40. The number of hydrogen-bond acceptors (Lipinski definition) is 8. The van der Waals surface area contributed by atoms with E-state index < -0.39 is 11.9 Å². The molecule has 0 radical (unpaired) electrons. The molecule has 32 heavy (non-hydrogen) atoms. The standard InChI is InChI=1S/C24H24N2O5S/c1-5-31-24(27)20-19(15-11-17(28-2)22(30-4)18(12-15)29-3)16(13-25)23(32)26-21(20)14-9-7-6-8-10-14/h6-12,19,26,32H,5H2,1-4H3. The van der Waals surface area contributed by atoms with E-state index in [-0.39, 0.29) is 12.2 Å². The topological polar surface area (TPSA) is 89.8 Å². The predicted molar refractivity (Wildman–Crippen MR) is 124 cm³/mol. The summed E-state index contributed by atoms with van der Waals surface area (Å²) in [6.45, 7) is 1.92. The number of carbonyl (C=O) groups is 1. The quantitative estimate of drug-likeness (QED) is 0.484. The SMILES string of the molecule is CCOC(=O)C1=C(c2ccccc2)NC(S)=C(C#N)C1c1cc(OC)c(OC)c(OC)c1. The van der Waals surface area contributed by atoms with Crippen molar-refractivity contribution in [3.05, 3.63) is 69.8 Å². The van der Waals surface area contributed by atoms with Crippen molar-refractivity contribution in [3.63, 3.8) is 0 Å². The summed E-state index contributed by atoms with van der Waals surface area (Å²) >= 11 is 4.53. The third-order valence-electron chi connectivity index (χ3n) is 5.04. The molecular formula is C24H24N2O5S. The average molecular weight is 453 g/mol. The van der Waals surface area contributed by atoms with Gasteiger partial charge in [-0.05, 0) is 30.2 Å². The zero-order chi connectivity index (χ0) is 23.3. The maximum absolute atomic E-state index is 13.2. The summed E-state index contributed by atoms with van der Waals surface area (Å²) in [7, 11) is 4.52. The molecule has 3 rings (SSSR count).